The standard InChI is InChI=1S/C18H20F3N3O3/c19-18(20,21)14-6-1-4-13(10-14)5-2-7-23-8-3-9-24(17(26)27)15(12-23)11-16(22)25/h1,4,6,10,15H,3,7-9,11-12H2,(H2,22,25)(H,26,27). The van der Waals surface area contributed by atoms with Crippen LogP contribution in [-0.4, -0.2) is 59.1 Å². The van der Waals surface area contributed by atoms with E-state index in [-0.39, 0.29) is 31.6 Å². The minimum Gasteiger partial charge on any atom is -0.465 e. The highest BCUT2D eigenvalue weighted by Gasteiger charge is 2.30. The lowest BCUT2D eigenvalue weighted by Crippen LogP contribution is -2.45. The van der Waals surface area contributed by atoms with Crippen LogP contribution >= 0.6 is 0 Å². The van der Waals surface area contributed by atoms with Crippen LogP contribution in [0, 0.1) is 11.8 Å². The zero-order valence-electron chi connectivity index (χ0n) is 14.5. The summed E-state index contributed by atoms with van der Waals surface area (Å²) in [7, 11) is 0. The maximum absolute atomic E-state index is 12.7. The molecule has 0 aromatic heterocycles. The highest BCUT2D eigenvalue weighted by atomic mass is 19.4. The van der Waals surface area contributed by atoms with Gasteiger partial charge in [-0.15, -0.1) is 0 Å². The molecule has 146 valence electrons. The molecule has 2 amide bonds. The summed E-state index contributed by atoms with van der Waals surface area (Å²) in [5, 5.41) is 9.28. The van der Waals surface area contributed by atoms with Gasteiger partial charge >= 0.3 is 12.3 Å². The summed E-state index contributed by atoms with van der Waals surface area (Å²) >= 11 is 0. The number of alkyl halides is 3. The van der Waals surface area contributed by atoms with E-state index in [0.717, 1.165) is 12.1 Å². The number of rotatable bonds is 3. The van der Waals surface area contributed by atoms with Crippen molar-refractivity contribution in [2.45, 2.75) is 25.1 Å². The van der Waals surface area contributed by atoms with Crippen molar-refractivity contribution in [3.63, 3.8) is 0 Å². The third kappa shape index (κ3) is 6.18. The molecule has 2 rings (SSSR count). The number of amides is 2. The first kappa shape index (κ1) is 20.6. The minimum atomic E-state index is -4.43. The van der Waals surface area contributed by atoms with Gasteiger partial charge in [-0.2, -0.15) is 13.2 Å². The normalized spacial score (nSPS) is 18.3. The summed E-state index contributed by atoms with van der Waals surface area (Å²) in [5.41, 5.74) is 4.70. The van der Waals surface area contributed by atoms with E-state index in [1.54, 1.807) is 0 Å². The number of carbonyl (C=O) groups is 2. The molecule has 1 aromatic rings. The van der Waals surface area contributed by atoms with Gasteiger partial charge in [0.2, 0.25) is 5.91 Å². The Labute approximate surface area is 154 Å². The number of hydrogen-bond donors (Lipinski definition) is 2. The predicted octanol–water partition coefficient (Wildman–Crippen LogP) is 1.99. The van der Waals surface area contributed by atoms with E-state index in [1.807, 2.05) is 4.90 Å². The van der Waals surface area contributed by atoms with Crippen molar-refractivity contribution < 1.29 is 27.9 Å². The van der Waals surface area contributed by atoms with Crippen LogP contribution in [0.5, 0.6) is 0 Å². The number of carbonyl (C=O) groups excluding carboxylic acids is 1. The summed E-state index contributed by atoms with van der Waals surface area (Å²) in [6.45, 7) is 1.38. The van der Waals surface area contributed by atoms with E-state index < -0.39 is 29.8 Å². The van der Waals surface area contributed by atoms with Crippen LogP contribution in [0.3, 0.4) is 0 Å². The molecule has 3 N–H and O–H groups in total. The number of halogens is 3. The lowest BCUT2D eigenvalue weighted by atomic mass is 10.1. The third-order valence-corrected chi connectivity index (χ3v) is 4.19. The number of carboxylic acid groups (broad SMARTS) is 1. The maximum atomic E-state index is 12.7. The van der Waals surface area contributed by atoms with Gasteiger partial charge in [0, 0.05) is 31.6 Å². The molecule has 0 radical (unpaired) electrons. The van der Waals surface area contributed by atoms with Crippen molar-refractivity contribution in [3.8, 4) is 11.8 Å². The lowest BCUT2D eigenvalue weighted by molar-refractivity contribution is -0.137. The Hall–Kier alpha value is -2.73. The molecule has 0 bridgehead atoms. The first-order chi connectivity index (χ1) is 12.7. The molecule has 1 fully saturated rings. The second kappa shape index (κ2) is 8.77. The molecule has 1 atom stereocenters. The van der Waals surface area contributed by atoms with E-state index in [0.29, 0.717) is 13.0 Å². The highest BCUT2D eigenvalue weighted by Crippen LogP contribution is 2.29. The fourth-order valence-corrected chi connectivity index (χ4v) is 2.96. The molecule has 1 aromatic carbocycles. The van der Waals surface area contributed by atoms with Gasteiger partial charge in [-0.1, -0.05) is 17.9 Å². The fourth-order valence-electron chi connectivity index (χ4n) is 2.96. The van der Waals surface area contributed by atoms with Gasteiger partial charge in [-0.05, 0) is 24.6 Å². The van der Waals surface area contributed by atoms with Gasteiger partial charge in [0.05, 0.1) is 18.2 Å². The quantitative estimate of drug-likeness (QED) is 0.782. The molecule has 1 saturated heterocycles. The van der Waals surface area contributed by atoms with Crippen molar-refractivity contribution in [1.82, 2.24) is 9.80 Å². The summed E-state index contributed by atoms with van der Waals surface area (Å²) in [6, 6.07) is 4.18. The summed E-state index contributed by atoms with van der Waals surface area (Å²) in [5.74, 6) is 4.93. The lowest BCUT2D eigenvalue weighted by Gasteiger charge is -2.28. The van der Waals surface area contributed by atoms with Crippen molar-refractivity contribution in [3.05, 3.63) is 35.4 Å². The Balaban J connectivity index is 2.06. The van der Waals surface area contributed by atoms with Gasteiger partial charge < -0.3 is 15.7 Å². The van der Waals surface area contributed by atoms with Crippen LogP contribution in [0.4, 0.5) is 18.0 Å². The second-order valence-electron chi connectivity index (χ2n) is 6.27. The Morgan fingerprint density at radius 3 is 2.67 bits per heavy atom. The Bertz CT molecular complexity index is 755. The number of primary amides is 1. The molecule has 0 aliphatic carbocycles. The van der Waals surface area contributed by atoms with Crippen molar-refractivity contribution >= 4 is 12.0 Å². The SMILES string of the molecule is NC(=O)CC1CN(CC#Cc2cccc(C(F)(F)F)c2)CCCN1C(=O)O. The van der Waals surface area contributed by atoms with E-state index in [4.69, 9.17) is 5.73 Å². The number of nitrogens with zero attached hydrogens (tertiary/aromatic N) is 2. The molecular weight excluding hydrogens is 363 g/mol. The summed E-state index contributed by atoms with van der Waals surface area (Å²) < 4.78 is 38.2. The third-order valence-electron chi connectivity index (χ3n) is 4.19. The van der Waals surface area contributed by atoms with Crippen LogP contribution in [0.1, 0.15) is 24.0 Å². The van der Waals surface area contributed by atoms with Gasteiger partial charge in [-0.3, -0.25) is 9.69 Å². The molecule has 0 saturated carbocycles. The monoisotopic (exact) mass is 383 g/mol. The second-order valence-corrected chi connectivity index (χ2v) is 6.27. The average molecular weight is 383 g/mol. The first-order valence-corrected chi connectivity index (χ1v) is 8.33. The van der Waals surface area contributed by atoms with Crippen LogP contribution in [-0.2, 0) is 11.0 Å². The molecular formula is C18H20F3N3O3. The Kier molecular flexibility index (Phi) is 6.69. The Morgan fingerprint density at radius 1 is 1.30 bits per heavy atom. The molecule has 1 unspecified atom stereocenters. The van der Waals surface area contributed by atoms with Gasteiger partial charge in [0.1, 0.15) is 0 Å². The fraction of sp³-hybridized carbons (Fsp3) is 0.444. The largest absolute Gasteiger partial charge is 0.465 e. The van der Waals surface area contributed by atoms with Gasteiger partial charge in [0.15, 0.2) is 0 Å². The van der Waals surface area contributed by atoms with E-state index >= 15 is 0 Å². The molecule has 1 heterocycles. The zero-order chi connectivity index (χ0) is 20.0. The number of benzene rings is 1. The predicted molar refractivity (Wildman–Crippen MR) is 91.7 cm³/mol. The van der Waals surface area contributed by atoms with Crippen LogP contribution < -0.4 is 5.73 Å². The molecule has 1 aliphatic rings. The molecule has 6 nitrogen and oxygen atoms in total. The molecule has 27 heavy (non-hydrogen) atoms. The van der Waals surface area contributed by atoms with Gasteiger partial charge in [-0.25, -0.2) is 4.79 Å². The van der Waals surface area contributed by atoms with Crippen molar-refractivity contribution in [2.24, 2.45) is 5.73 Å². The van der Waals surface area contributed by atoms with Crippen LogP contribution in [0.25, 0.3) is 0 Å². The molecule has 9 heteroatoms. The van der Waals surface area contributed by atoms with E-state index in [2.05, 4.69) is 11.8 Å². The average Bonchev–Trinajstić information content (AvgIpc) is 2.76. The maximum Gasteiger partial charge on any atom is 0.416 e. The van der Waals surface area contributed by atoms with Crippen molar-refractivity contribution in [1.29, 1.82) is 0 Å². The minimum absolute atomic E-state index is 0.0934. The topological polar surface area (TPSA) is 86.9 Å². The number of hydrogen-bond acceptors (Lipinski definition) is 3. The highest BCUT2D eigenvalue weighted by molar-refractivity contribution is 5.75. The van der Waals surface area contributed by atoms with Crippen LogP contribution in [0.2, 0.25) is 0 Å². The zero-order valence-corrected chi connectivity index (χ0v) is 14.5. The van der Waals surface area contributed by atoms with E-state index in [1.165, 1.54) is 17.0 Å². The van der Waals surface area contributed by atoms with Gasteiger partial charge in [0.25, 0.3) is 0 Å². The Morgan fingerprint density at radius 2 is 2.04 bits per heavy atom. The molecule has 0 spiro atoms. The van der Waals surface area contributed by atoms with Crippen LogP contribution in [0.15, 0.2) is 24.3 Å². The van der Waals surface area contributed by atoms with Crippen molar-refractivity contribution in [2.75, 3.05) is 26.2 Å². The summed E-state index contributed by atoms with van der Waals surface area (Å²) in [4.78, 5) is 25.7. The summed E-state index contributed by atoms with van der Waals surface area (Å²) in [6.07, 6.45) is -5.07. The molecule has 1 aliphatic heterocycles. The van der Waals surface area contributed by atoms with E-state index in [9.17, 15) is 27.9 Å². The smallest absolute Gasteiger partial charge is 0.416 e. The number of nitrogens with two attached hydrogens (primary N) is 1. The first-order valence-electron chi connectivity index (χ1n) is 8.33.